The summed E-state index contributed by atoms with van der Waals surface area (Å²) in [6, 6.07) is 20.0. The fourth-order valence-electron chi connectivity index (χ4n) is 3.11. The number of ether oxygens (including phenoxy) is 2. The number of para-hydroxylation sites is 1. The first-order valence-corrected chi connectivity index (χ1v) is 9.69. The van der Waals surface area contributed by atoms with Gasteiger partial charge in [-0.1, -0.05) is 48.5 Å². The minimum Gasteiger partial charge on any atom is -0.464 e. The zero-order chi connectivity index (χ0) is 21.7. The largest absolute Gasteiger partial charge is 0.464 e. The molecule has 6 heteroatoms. The maximum atomic E-state index is 12.3. The van der Waals surface area contributed by atoms with E-state index >= 15 is 0 Å². The second kappa shape index (κ2) is 8.86. The van der Waals surface area contributed by atoms with Crippen LogP contribution < -0.4 is 5.32 Å². The number of rotatable bonds is 5. The molecule has 156 valence electrons. The standard InChI is InChI=1S/C24H26N2O4/c1-24(2,3)30-23(28)25-20(22(27)29-4)15-19-14-18-12-8-9-13-21(18)26(19)16-17-10-6-5-7-11-17/h5-15H,16H2,1-4H3,(H,25,28)/b20-15+. The van der Waals surface area contributed by atoms with Crippen molar-refractivity contribution < 1.29 is 19.1 Å². The summed E-state index contributed by atoms with van der Waals surface area (Å²) in [5.74, 6) is -0.655. The summed E-state index contributed by atoms with van der Waals surface area (Å²) in [6.45, 7) is 5.88. The highest BCUT2D eigenvalue weighted by Gasteiger charge is 2.21. The van der Waals surface area contributed by atoms with E-state index < -0.39 is 17.7 Å². The second-order valence-electron chi connectivity index (χ2n) is 7.88. The van der Waals surface area contributed by atoms with Gasteiger partial charge in [0, 0.05) is 23.1 Å². The molecular formula is C24H26N2O4. The lowest BCUT2D eigenvalue weighted by molar-refractivity contribution is -0.136. The Labute approximate surface area is 176 Å². The molecule has 0 unspecified atom stereocenters. The molecule has 0 radical (unpaired) electrons. The van der Waals surface area contributed by atoms with Crippen molar-refractivity contribution in [1.82, 2.24) is 9.88 Å². The molecule has 0 aliphatic rings. The van der Waals surface area contributed by atoms with E-state index in [1.165, 1.54) is 7.11 Å². The molecule has 1 N–H and O–H groups in total. The van der Waals surface area contributed by atoms with Crippen LogP contribution >= 0.6 is 0 Å². The van der Waals surface area contributed by atoms with E-state index in [-0.39, 0.29) is 5.70 Å². The van der Waals surface area contributed by atoms with Crippen LogP contribution in [0.15, 0.2) is 66.4 Å². The van der Waals surface area contributed by atoms with Crippen LogP contribution in [0, 0.1) is 0 Å². The number of benzene rings is 2. The zero-order valence-corrected chi connectivity index (χ0v) is 17.6. The van der Waals surface area contributed by atoms with Crippen LogP contribution in [0.25, 0.3) is 17.0 Å². The molecule has 0 aliphatic heterocycles. The van der Waals surface area contributed by atoms with Gasteiger partial charge in [-0.05, 0) is 44.5 Å². The number of methoxy groups -OCH3 is 1. The van der Waals surface area contributed by atoms with Crippen molar-refractivity contribution in [3.05, 3.63) is 77.6 Å². The minimum absolute atomic E-state index is 0.00358. The number of nitrogens with one attached hydrogen (secondary N) is 1. The molecule has 30 heavy (non-hydrogen) atoms. The Balaban J connectivity index is 2.03. The first-order valence-electron chi connectivity index (χ1n) is 9.69. The molecule has 0 aliphatic carbocycles. The summed E-state index contributed by atoms with van der Waals surface area (Å²) >= 11 is 0. The molecule has 6 nitrogen and oxygen atoms in total. The molecule has 1 amide bonds. The number of nitrogens with zero attached hydrogens (tertiary/aromatic N) is 1. The lowest BCUT2D eigenvalue weighted by Gasteiger charge is -2.20. The van der Waals surface area contributed by atoms with Crippen LogP contribution in [-0.4, -0.2) is 29.3 Å². The summed E-state index contributed by atoms with van der Waals surface area (Å²) in [6.07, 6.45) is 0.892. The van der Waals surface area contributed by atoms with Gasteiger partial charge in [-0.15, -0.1) is 0 Å². The van der Waals surface area contributed by atoms with Gasteiger partial charge in [-0.3, -0.25) is 5.32 Å². The Morgan fingerprint density at radius 2 is 1.70 bits per heavy atom. The number of aromatic nitrogens is 1. The van der Waals surface area contributed by atoms with Gasteiger partial charge in [0.1, 0.15) is 11.3 Å². The number of carbonyl (C=O) groups excluding carboxylic acids is 2. The van der Waals surface area contributed by atoms with E-state index in [0.29, 0.717) is 6.54 Å². The quantitative estimate of drug-likeness (QED) is 0.491. The number of carbonyl (C=O) groups is 2. The summed E-state index contributed by atoms with van der Waals surface area (Å²) in [4.78, 5) is 24.6. The number of esters is 1. The van der Waals surface area contributed by atoms with Crippen LogP contribution in [-0.2, 0) is 20.8 Å². The topological polar surface area (TPSA) is 69.6 Å². The van der Waals surface area contributed by atoms with Crippen molar-refractivity contribution in [1.29, 1.82) is 0 Å². The fourth-order valence-corrected chi connectivity index (χ4v) is 3.11. The molecule has 1 heterocycles. The number of alkyl carbamates (subject to hydrolysis) is 1. The maximum Gasteiger partial charge on any atom is 0.412 e. The molecule has 0 spiro atoms. The Hall–Kier alpha value is -3.54. The summed E-state index contributed by atoms with van der Waals surface area (Å²) in [7, 11) is 1.27. The summed E-state index contributed by atoms with van der Waals surface area (Å²) in [5, 5.41) is 3.55. The molecule has 0 saturated carbocycles. The lowest BCUT2D eigenvalue weighted by atomic mass is 10.2. The van der Waals surface area contributed by atoms with Crippen LogP contribution in [0.5, 0.6) is 0 Å². The highest BCUT2D eigenvalue weighted by atomic mass is 16.6. The van der Waals surface area contributed by atoms with E-state index in [0.717, 1.165) is 22.2 Å². The second-order valence-corrected chi connectivity index (χ2v) is 7.88. The first kappa shape index (κ1) is 21.2. The lowest BCUT2D eigenvalue weighted by Crippen LogP contribution is -2.34. The minimum atomic E-state index is -0.718. The zero-order valence-electron chi connectivity index (χ0n) is 17.6. The van der Waals surface area contributed by atoms with Crippen molar-refractivity contribution in [3.63, 3.8) is 0 Å². The molecule has 3 aromatic rings. The molecular weight excluding hydrogens is 380 g/mol. The van der Waals surface area contributed by atoms with Crippen molar-refractivity contribution in [2.45, 2.75) is 32.9 Å². The van der Waals surface area contributed by atoms with Gasteiger partial charge in [-0.25, -0.2) is 9.59 Å². The van der Waals surface area contributed by atoms with Crippen molar-refractivity contribution in [3.8, 4) is 0 Å². The van der Waals surface area contributed by atoms with Gasteiger partial charge >= 0.3 is 12.1 Å². The molecule has 1 aromatic heterocycles. The predicted molar refractivity (Wildman–Crippen MR) is 117 cm³/mol. The number of amides is 1. The van der Waals surface area contributed by atoms with Crippen molar-refractivity contribution in [2.75, 3.05) is 7.11 Å². The SMILES string of the molecule is COC(=O)/C(=C\c1cc2ccccc2n1Cc1ccccc1)NC(=O)OC(C)(C)C. The number of hydrogen-bond donors (Lipinski definition) is 1. The smallest absolute Gasteiger partial charge is 0.412 e. The highest BCUT2D eigenvalue weighted by Crippen LogP contribution is 2.23. The average Bonchev–Trinajstić information content (AvgIpc) is 3.03. The Kier molecular flexibility index (Phi) is 6.26. The highest BCUT2D eigenvalue weighted by molar-refractivity contribution is 5.97. The van der Waals surface area contributed by atoms with Crippen LogP contribution in [0.3, 0.4) is 0 Å². The fraction of sp³-hybridized carbons (Fsp3) is 0.250. The van der Waals surface area contributed by atoms with Crippen molar-refractivity contribution in [2.24, 2.45) is 0 Å². The molecule has 0 fully saturated rings. The van der Waals surface area contributed by atoms with Gasteiger partial charge in [0.15, 0.2) is 0 Å². The van der Waals surface area contributed by atoms with Gasteiger partial charge in [0.2, 0.25) is 0 Å². The van der Waals surface area contributed by atoms with E-state index in [1.807, 2.05) is 60.7 Å². The monoisotopic (exact) mass is 406 g/mol. The molecule has 0 bridgehead atoms. The van der Waals surface area contributed by atoms with E-state index in [4.69, 9.17) is 9.47 Å². The van der Waals surface area contributed by atoms with Gasteiger partial charge in [-0.2, -0.15) is 0 Å². The third-order valence-electron chi connectivity index (χ3n) is 4.36. The average molecular weight is 406 g/mol. The third kappa shape index (κ3) is 5.29. The van der Waals surface area contributed by atoms with Gasteiger partial charge in [0.25, 0.3) is 0 Å². The number of fused-ring (bicyclic) bond motifs is 1. The Morgan fingerprint density at radius 3 is 2.37 bits per heavy atom. The van der Waals surface area contributed by atoms with E-state index in [1.54, 1.807) is 26.8 Å². The Bertz CT molecular complexity index is 1080. The van der Waals surface area contributed by atoms with E-state index in [9.17, 15) is 9.59 Å². The summed E-state index contributed by atoms with van der Waals surface area (Å²) < 4.78 is 12.2. The predicted octanol–water partition coefficient (Wildman–Crippen LogP) is 4.73. The van der Waals surface area contributed by atoms with Crippen LogP contribution in [0.4, 0.5) is 4.79 Å². The van der Waals surface area contributed by atoms with Crippen LogP contribution in [0.2, 0.25) is 0 Å². The molecule has 2 aromatic carbocycles. The third-order valence-corrected chi connectivity index (χ3v) is 4.36. The van der Waals surface area contributed by atoms with E-state index in [2.05, 4.69) is 9.88 Å². The van der Waals surface area contributed by atoms with Gasteiger partial charge < -0.3 is 14.0 Å². The molecule has 0 saturated heterocycles. The van der Waals surface area contributed by atoms with Crippen LogP contribution in [0.1, 0.15) is 32.0 Å². The van der Waals surface area contributed by atoms with Crippen molar-refractivity contribution >= 4 is 29.0 Å². The normalized spacial score (nSPS) is 11.9. The Morgan fingerprint density at radius 1 is 1.03 bits per heavy atom. The molecule has 0 atom stereocenters. The number of hydrogen-bond acceptors (Lipinski definition) is 4. The molecule has 3 rings (SSSR count). The first-order chi connectivity index (χ1) is 14.3. The van der Waals surface area contributed by atoms with Gasteiger partial charge in [0.05, 0.1) is 7.11 Å². The maximum absolute atomic E-state index is 12.3. The summed E-state index contributed by atoms with van der Waals surface area (Å²) in [5.41, 5.74) is 2.22.